The summed E-state index contributed by atoms with van der Waals surface area (Å²) in [4.78, 5) is 11.5. The van der Waals surface area contributed by atoms with Crippen LogP contribution < -0.4 is 15.5 Å². The summed E-state index contributed by atoms with van der Waals surface area (Å²) in [5.74, 6) is 1.31. The standard InChI is InChI=1S/C22H24ClN5/c1-16-15-21(25-18-7-5-17(23)6-8-18)27-22(24-16)26-19-9-11-20(12-10-19)28-13-3-2-4-14-28/h5-12,15H,2-4,13-14H2,1H3,(H2,24,25,26,27). The average molecular weight is 394 g/mol. The van der Waals surface area contributed by atoms with Crippen molar-refractivity contribution >= 4 is 40.4 Å². The molecule has 0 unspecified atom stereocenters. The van der Waals surface area contributed by atoms with Gasteiger partial charge < -0.3 is 15.5 Å². The molecule has 2 N–H and O–H groups in total. The summed E-state index contributed by atoms with van der Waals surface area (Å²) in [7, 11) is 0. The van der Waals surface area contributed by atoms with Gasteiger partial charge in [-0.2, -0.15) is 4.98 Å². The van der Waals surface area contributed by atoms with E-state index in [0.29, 0.717) is 11.0 Å². The summed E-state index contributed by atoms with van der Waals surface area (Å²) < 4.78 is 0. The molecular weight excluding hydrogens is 370 g/mol. The van der Waals surface area contributed by atoms with Crippen molar-refractivity contribution in [3.05, 3.63) is 65.3 Å². The molecule has 1 fully saturated rings. The normalized spacial score (nSPS) is 14.0. The first-order chi connectivity index (χ1) is 13.7. The van der Waals surface area contributed by atoms with Crippen LogP contribution in [0, 0.1) is 6.92 Å². The molecule has 0 spiro atoms. The van der Waals surface area contributed by atoms with Crippen LogP contribution in [0.4, 0.5) is 28.8 Å². The fourth-order valence-electron chi connectivity index (χ4n) is 3.41. The summed E-state index contributed by atoms with van der Waals surface area (Å²) in [5, 5.41) is 7.31. The number of hydrogen-bond donors (Lipinski definition) is 2. The number of benzene rings is 2. The topological polar surface area (TPSA) is 53.1 Å². The lowest BCUT2D eigenvalue weighted by molar-refractivity contribution is 0.578. The molecule has 6 heteroatoms. The number of nitrogens with zero attached hydrogens (tertiary/aromatic N) is 3. The molecular formula is C22H24ClN5. The first kappa shape index (κ1) is 18.6. The Balaban J connectivity index is 1.46. The minimum atomic E-state index is 0.571. The van der Waals surface area contributed by atoms with E-state index in [4.69, 9.17) is 11.6 Å². The lowest BCUT2D eigenvalue weighted by Gasteiger charge is -2.28. The summed E-state index contributed by atoms with van der Waals surface area (Å²) in [5.41, 5.74) is 4.07. The summed E-state index contributed by atoms with van der Waals surface area (Å²) in [6, 6.07) is 18.0. The molecule has 0 saturated carbocycles. The Morgan fingerprint density at radius 3 is 2.18 bits per heavy atom. The molecule has 4 rings (SSSR count). The number of aromatic nitrogens is 2. The Hall–Kier alpha value is -2.79. The number of aryl methyl sites for hydroxylation is 1. The smallest absolute Gasteiger partial charge is 0.229 e. The predicted molar refractivity (Wildman–Crippen MR) is 117 cm³/mol. The Morgan fingerprint density at radius 1 is 0.821 bits per heavy atom. The van der Waals surface area contributed by atoms with Crippen molar-refractivity contribution in [2.75, 3.05) is 28.6 Å². The SMILES string of the molecule is Cc1cc(Nc2ccc(Cl)cc2)nc(Nc2ccc(N3CCCCC3)cc2)n1. The van der Waals surface area contributed by atoms with Crippen LogP contribution in [0.5, 0.6) is 0 Å². The molecule has 2 heterocycles. The Kier molecular flexibility index (Phi) is 5.63. The van der Waals surface area contributed by atoms with Gasteiger partial charge in [0.05, 0.1) is 0 Å². The molecule has 0 amide bonds. The number of rotatable bonds is 5. The molecule has 0 radical (unpaired) electrons. The quantitative estimate of drug-likeness (QED) is 0.563. The van der Waals surface area contributed by atoms with E-state index in [1.807, 2.05) is 37.3 Å². The molecule has 1 aromatic heterocycles. The van der Waals surface area contributed by atoms with E-state index < -0.39 is 0 Å². The van der Waals surface area contributed by atoms with Gasteiger partial charge in [0.25, 0.3) is 0 Å². The van der Waals surface area contributed by atoms with E-state index >= 15 is 0 Å². The van der Waals surface area contributed by atoms with Crippen LogP contribution in [0.25, 0.3) is 0 Å². The highest BCUT2D eigenvalue weighted by Crippen LogP contribution is 2.24. The van der Waals surface area contributed by atoms with Crippen molar-refractivity contribution < 1.29 is 0 Å². The van der Waals surface area contributed by atoms with Gasteiger partial charge in [0.1, 0.15) is 5.82 Å². The third-order valence-electron chi connectivity index (χ3n) is 4.82. The Bertz CT molecular complexity index is 919. The van der Waals surface area contributed by atoms with Gasteiger partial charge in [-0.3, -0.25) is 0 Å². The van der Waals surface area contributed by atoms with Crippen LogP contribution in [0.2, 0.25) is 5.02 Å². The van der Waals surface area contributed by atoms with Gasteiger partial charge in [-0.15, -0.1) is 0 Å². The summed E-state index contributed by atoms with van der Waals surface area (Å²) in [6.45, 7) is 4.25. The molecule has 144 valence electrons. The molecule has 2 aromatic carbocycles. The summed E-state index contributed by atoms with van der Waals surface area (Å²) in [6.07, 6.45) is 3.90. The zero-order valence-electron chi connectivity index (χ0n) is 16.0. The lowest BCUT2D eigenvalue weighted by atomic mass is 10.1. The average Bonchev–Trinajstić information content (AvgIpc) is 2.71. The second-order valence-electron chi connectivity index (χ2n) is 7.07. The molecule has 5 nitrogen and oxygen atoms in total. The highest BCUT2D eigenvalue weighted by atomic mass is 35.5. The van der Waals surface area contributed by atoms with Gasteiger partial charge >= 0.3 is 0 Å². The van der Waals surface area contributed by atoms with Gasteiger partial charge in [0, 0.05) is 46.9 Å². The van der Waals surface area contributed by atoms with Crippen molar-refractivity contribution in [1.82, 2.24) is 9.97 Å². The molecule has 0 bridgehead atoms. The van der Waals surface area contributed by atoms with Crippen molar-refractivity contribution in [3.8, 4) is 0 Å². The Labute approximate surface area is 170 Å². The number of hydrogen-bond acceptors (Lipinski definition) is 5. The van der Waals surface area contributed by atoms with Crippen molar-refractivity contribution in [2.24, 2.45) is 0 Å². The molecule has 0 aliphatic carbocycles. The highest BCUT2D eigenvalue weighted by molar-refractivity contribution is 6.30. The lowest BCUT2D eigenvalue weighted by Crippen LogP contribution is -2.29. The third-order valence-corrected chi connectivity index (χ3v) is 5.07. The zero-order valence-corrected chi connectivity index (χ0v) is 16.7. The van der Waals surface area contributed by atoms with Crippen LogP contribution in [-0.2, 0) is 0 Å². The van der Waals surface area contributed by atoms with Crippen LogP contribution in [0.1, 0.15) is 25.0 Å². The minimum Gasteiger partial charge on any atom is -0.372 e. The van der Waals surface area contributed by atoms with Crippen molar-refractivity contribution in [3.63, 3.8) is 0 Å². The van der Waals surface area contributed by atoms with Gasteiger partial charge in [0.15, 0.2) is 0 Å². The maximum atomic E-state index is 5.95. The van der Waals surface area contributed by atoms with Gasteiger partial charge in [-0.25, -0.2) is 4.98 Å². The first-order valence-corrected chi connectivity index (χ1v) is 10.0. The number of nitrogens with one attached hydrogen (secondary N) is 2. The fourth-order valence-corrected chi connectivity index (χ4v) is 3.53. The van der Waals surface area contributed by atoms with Crippen LogP contribution >= 0.6 is 11.6 Å². The fraction of sp³-hybridized carbons (Fsp3) is 0.273. The molecule has 3 aromatic rings. The molecule has 28 heavy (non-hydrogen) atoms. The highest BCUT2D eigenvalue weighted by Gasteiger charge is 2.11. The van der Waals surface area contributed by atoms with Crippen LogP contribution in [0.3, 0.4) is 0 Å². The maximum Gasteiger partial charge on any atom is 0.229 e. The molecule has 1 aliphatic heterocycles. The zero-order chi connectivity index (χ0) is 19.3. The van der Waals surface area contributed by atoms with Gasteiger partial charge in [-0.1, -0.05) is 11.6 Å². The van der Waals surface area contributed by atoms with Crippen LogP contribution in [-0.4, -0.2) is 23.1 Å². The maximum absolute atomic E-state index is 5.95. The summed E-state index contributed by atoms with van der Waals surface area (Å²) >= 11 is 5.95. The van der Waals surface area contributed by atoms with Gasteiger partial charge in [-0.05, 0) is 74.7 Å². The van der Waals surface area contributed by atoms with E-state index in [-0.39, 0.29) is 0 Å². The molecule has 0 atom stereocenters. The molecule has 1 saturated heterocycles. The first-order valence-electron chi connectivity index (χ1n) is 9.66. The number of piperidine rings is 1. The van der Waals surface area contributed by atoms with E-state index in [2.05, 4.69) is 49.8 Å². The number of anilines is 5. The second kappa shape index (κ2) is 8.48. The monoisotopic (exact) mass is 393 g/mol. The number of halogens is 1. The van der Waals surface area contributed by atoms with Crippen molar-refractivity contribution in [2.45, 2.75) is 26.2 Å². The van der Waals surface area contributed by atoms with Crippen molar-refractivity contribution in [1.29, 1.82) is 0 Å². The van der Waals surface area contributed by atoms with E-state index in [1.54, 1.807) is 0 Å². The molecule has 1 aliphatic rings. The Morgan fingerprint density at radius 2 is 1.46 bits per heavy atom. The largest absolute Gasteiger partial charge is 0.372 e. The van der Waals surface area contributed by atoms with E-state index in [0.717, 1.165) is 36.0 Å². The second-order valence-corrected chi connectivity index (χ2v) is 7.51. The van der Waals surface area contributed by atoms with E-state index in [9.17, 15) is 0 Å². The van der Waals surface area contributed by atoms with Crippen LogP contribution in [0.15, 0.2) is 54.6 Å². The van der Waals surface area contributed by atoms with E-state index in [1.165, 1.54) is 24.9 Å². The third kappa shape index (κ3) is 4.73. The minimum absolute atomic E-state index is 0.571. The predicted octanol–water partition coefficient (Wildman–Crippen LogP) is 5.92. The van der Waals surface area contributed by atoms with Gasteiger partial charge in [0.2, 0.25) is 5.95 Å².